The van der Waals surface area contributed by atoms with E-state index in [1.54, 1.807) is 12.1 Å². The summed E-state index contributed by atoms with van der Waals surface area (Å²) in [5.74, 6) is 0.668. The van der Waals surface area contributed by atoms with E-state index in [0.717, 1.165) is 35.9 Å². The van der Waals surface area contributed by atoms with Crippen LogP contribution in [-0.4, -0.2) is 50.9 Å². The van der Waals surface area contributed by atoms with Crippen LogP contribution in [0.5, 0.6) is 0 Å². The Labute approximate surface area is 234 Å². The van der Waals surface area contributed by atoms with E-state index < -0.39 is 23.8 Å². The molecule has 9 nitrogen and oxygen atoms in total. The highest BCUT2D eigenvalue weighted by atomic mass is 16.2. The van der Waals surface area contributed by atoms with Crippen molar-refractivity contribution in [1.82, 2.24) is 20.0 Å². The topological polar surface area (TPSA) is 113 Å². The van der Waals surface area contributed by atoms with Gasteiger partial charge in [-0.1, -0.05) is 26.2 Å². The lowest BCUT2D eigenvalue weighted by Crippen LogP contribution is -2.54. The van der Waals surface area contributed by atoms with E-state index in [4.69, 9.17) is 5.10 Å². The van der Waals surface area contributed by atoms with Gasteiger partial charge in [-0.25, -0.2) is 0 Å². The summed E-state index contributed by atoms with van der Waals surface area (Å²) in [7, 11) is 0. The zero-order chi connectivity index (χ0) is 27.5. The number of benzene rings is 1. The van der Waals surface area contributed by atoms with Gasteiger partial charge in [0.2, 0.25) is 11.8 Å². The number of fused-ring (bicyclic) bond motifs is 1. The van der Waals surface area contributed by atoms with Crippen molar-refractivity contribution in [3.05, 3.63) is 46.8 Å². The van der Waals surface area contributed by atoms with Crippen LogP contribution in [0.25, 0.3) is 0 Å². The van der Waals surface area contributed by atoms with E-state index in [1.807, 2.05) is 6.07 Å². The molecule has 0 bridgehead atoms. The van der Waals surface area contributed by atoms with E-state index in [0.29, 0.717) is 34.9 Å². The number of carbonyl (C=O) groups excluding carboxylic acids is 4. The molecule has 3 atom stereocenters. The van der Waals surface area contributed by atoms with Crippen LogP contribution in [0, 0.1) is 11.8 Å². The molecule has 0 spiro atoms. The van der Waals surface area contributed by atoms with E-state index >= 15 is 0 Å². The second-order valence-corrected chi connectivity index (χ2v) is 12.7. The first-order valence-corrected chi connectivity index (χ1v) is 15.1. The minimum absolute atomic E-state index is 0.112. The quantitative estimate of drug-likeness (QED) is 0.497. The average Bonchev–Trinajstić information content (AvgIpc) is 3.63. The average molecular weight is 544 g/mol. The first kappa shape index (κ1) is 25.5. The van der Waals surface area contributed by atoms with Gasteiger partial charge in [0, 0.05) is 30.8 Å². The van der Waals surface area contributed by atoms with Crippen LogP contribution in [0.4, 0.5) is 5.69 Å². The van der Waals surface area contributed by atoms with Gasteiger partial charge in [0.25, 0.3) is 11.8 Å². The van der Waals surface area contributed by atoms with Gasteiger partial charge in [0.15, 0.2) is 0 Å². The van der Waals surface area contributed by atoms with Gasteiger partial charge in [0.1, 0.15) is 6.04 Å². The van der Waals surface area contributed by atoms with E-state index in [-0.39, 0.29) is 18.7 Å². The molecule has 7 rings (SSSR count). The maximum atomic E-state index is 13.1. The van der Waals surface area contributed by atoms with Gasteiger partial charge in [-0.15, -0.1) is 0 Å². The Kier molecular flexibility index (Phi) is 6.28. The first-order chi connectivity index (χ1) is 19.4. The zero-order valence-electron chi connectivity index (χ0n) is 23.0. The fraction of sp³-hybridized carbons (Fsp3) is 0.581. The zero-order valence-corrected chi connectivity index (χ0v) is 23.0. The van der Waals surface area contributed by atoms with Gasteiger partial charge in [-0.05, 0) is 80.0 Å². The molecule has 4 fully saturated rings. The van der Waals surface area contributed by atoms with Gasteiger partial charge in [-0.2, -0.15) is 5.10 Å². The lowest BCUT2D eigenvalue weighted by molar-refractivity contribution is -0.136. The Bertz CT molecular complexity index is 1390. The van der Waals surface area contributed by atoms with Crippen LogP contribution in [0.1, 0.15) is 121 Å². The maximum absolute atomic E-state index is 13.1. The predicted octanol–water partition coefficient (Wildman–Crippen LogP) is 4.52. The number of nitrogens with zero attached hydrogens (tertiary/aromatic N) is 3. The molecule has 1 aromatic heterocycles. The number of amides is 4. The second-order valence-electron chi connectivity index (χ2n) is 12.7. The Morgan fingerprint density at radius 1 is 0.975 bits per heavy atom. The smallest absolute Gasteiger partial charge is 0.262 e. The van der Waals surface area contributed by atoms with Crippen molar-refractivity contribution in [1.29, 1.82) is 0 Å². The third-order valence-electron chi connectivity index (χ3n) is 9.88. The number of hydrogen-bond acceptors (Lipinski definition) is 6. The van der Waals surface area contributed by atoms with Crippen molar-refractivity contribution < 1.29 is 19.2 Å². The number of piperidine rings is 1. The first-order valence-electron chi connectivity index (χ1n) is 15.1. The number of anilines is 1. The summed E-state index contributed by atoms with van der Waals surface area (Å²) in [5.41, 5.74) is 4.30. The maximum Gasteiger partial charge on any atom is 0.262 e. The molecule has 3 heterocycles. The summed E-state index contributed by atoms with van der Waals surface area (Å²) in [4.78, 5) is 50.9. The van der Waals surface area contributed by atoms with Crippen LogP contribution < -0.4 is 10.6 Å². The number of carbonyl (C=O) groups is 4. The molecule has 2 aromatic rings. The molecule has 3 unspecified atom stereocenters. The third kappa shape index (κ3) is 4.43. The largest absolute Gasteiger partial charge is 0.385 e. The molecular weight excluding hydrogens is 506 g/mol. The monoisotopic (exact) mass is 543 g/mol. The van der Waals surface area contributed by atoms with Gasteiger partial charge in [-0.3, -0.25) is 34.1 Å². The van der Waals surface area contributed by atoms with Crippen molar-refractivity contribution in [2.24, 2.45) is 11.8 Å². The van der Waals surface area contributed by atoms with Gasteiger partial charge >= 0.3 is 0 Å². The lowest BCUT2D eigenvalue weighted by atomic mass is 9.76. The van der Waals surface area contributed by atoms with Crippen molar-refractivity contribution >= 4 is 29.3 Å². The standard InChI is InChI=1S/C31H37N5O4/c1-17-4-2-3-5-22(17)25-16-35(34-28(25)19-6-7-19)21-12-18(13-21)15-32-20-8-9-23-24(14-20)31(40)36(30(23)39)26-10-11-27(37)33-29(26)38/h8-9,14,16-19,21-22,26,32H,2-7,10-13,15H2,1H3,(H,33,37,38)/t17?,18-,21-,22?,26?. The highest BCUT2D eigenvalue weighted by Crippen LogP contribution is 2.48. The lowest BCUT2D eigenvalue weighted by Gasteiger charge is -2.36. The molecule has 2 N–H and O–H groups in total. The molecule has 3 aliphatic carbocycles. The molecule has 5 aliphatic rings. The van der Waals surface area contributed by atoms with Crippen LogP contribution in [-0.2, 0) is 9.59 Å². The van der Waals surface area contributed by atoms with E-state index in [2.05, 4.69) is 28.4 Å². The number of nitrogens with one attached hydrogen (secondary N) is 2. The third-order valence-corrected chi connectivity index (χ3v) is 9.88. The number of hydrogen-bond donors (Lipinski definition) is 2. The highest BCUT2D eigenvalue weighted by Gasteiger charge is 2.45. The van der Waals surface area contributed by atoms with Gasteiger partial charge in [0.05, 0.1) is 22.9 Å². The van der Waals surface area contributed by atoms with E-state index in [9.17, 15) is 19.2 Å². The number of imide groups is 2. The molecule has 3 saturated carbocycles. The SMILES string of the molecule is CC1CCCCC1c1cn([C@H]2C[C@H](CNc3ccc4c(c3)C(=O)N(C3CCC(=O)NC3=O)C4=O)C2)nc1C1CC1. The molecule has 210 valence electrons. The van der Waals surface area contributed by atoms with Gasteiger partial charge < -0.3 is 5.32 Å². The summed E-state index contributed by atoms with van der Waals surface area (Å²) in [5, 5.41) is 10.8. The molecule has 1 aromatic carbocycles. The number of rotatable bonds is 7. The molecule has 1 saturated heterocycles. The molecule has 0 radical (unpaired) electrons. The predicted molar refractivity (Wildman–Crippen MR) is 148 cm³/mol. The van der Waals surface area contributed by atoms with Crippen LogP contribution in [0.2, 0.25) is 0 Å². The Morgan fingerprint density at radius 3 is 2.50 bits per heavy atom. The van der Waals surface area contributed by atoms with Crippen LogP contribution in [0.15, 0.2) is 24.4 Å². The summed E-state index contributed by atoms with van der Waals surface area (Å²) >= 11 is 0. The fourth-order valence-electron chi connectivity index (χ4n) is 7.27. The van der Waals surface area contributed by atoms with Crippen molar-refractivity contribution in [2.45, 2.75) is 95.1 Å². The Morgan fingerprint density at radius 2 is 1.75 bits per heavy atom. The van der Waals surface area contributed by atoms with Crippen molar-refractivity contribution in [2.75, 3.05) is 11.9 Å². The van der Waals surface area contributed by atoms with Crippen molar-refractivity contribution in [3.8, 4) is 0 Å². The molecular formula is C31H37N5O4. The normalized spacial score (nSPS) is 30.2. The Balaban J connectivity index is 0.975. The van der Waals surface area contributed by atoms with Crippen LogP contribution >= 0.6 is 0 Å². The minimum Gasteiger partial charge on any atom is -0.385 e. The molecule has 2 aliphatic heterocycles. The second kappa shape index (κ2) is 9.85. The molecule has 4 amide bonds. The summed E-state index contributed by atoms with van der Waals surface area (Å²) in [6, 6.07) is 4.69. The fourth-order valence-corrected chi connectivity index (χ4v) is 7.27. The summed E-state index contributed by atoms with van der Waals surface area (Å²) in [6.07, 6.45) is 12.7. The van der Waals surface area contributed by atoms with Crippen molar-refractivity contribution in [3.63, 3.8) is 0 Å². The molecule has 40 heavy (non-hydrogen) atoms. The van der Waals surface area contributed by atoms with Crippen LogP contribution in [0.3, 0.4) is 0 Å². The summed E-state index contributed by atoms with van der Waals surface area (Å²) in [6.45, 7) is 3.20. The minimum atomic E-state index is -0.946. The molecule has 9 heteroatoms. The highest BCUT2D eigenvalue weighted by molar-refractivity contribution is 6.23. The number of aromatic nitrogens is 2. The summed E-state index contributed by atoms with van der Waals surface area (Å²) < 4.78 is 2.27. The van der Waals surface area contributed by atoms with E-state index in [1.165, 1.54) is 49.8 Å². The Hall–Kier alpha value is -3.49.